The predicted molar refractivity (Wildman–Crippen MR) is 73.6 cm³/mol. The summed E-state index contributed by atoms with van der Waals surface area (Å²) in [6, 6.07) is 4.90. The second-order valence-electron chi connectivity index (χ2n) is 5.34. The van der Waals surface area contributed by atoms with E-state index in [-0.39, 0.29) is 17.7 Å². The second-order valence-corrected chi connectivity index (χ2v) is 5.34. The molecule has 1 aromatic carbocycles. The molecule has 0 aliphatic carbocycles. The molecule has 0 spiro atoms. The fraction of sp³-hybridized carbons (Fsp3) is 0.429. The molecule has 3 rings (SSSR count). The van der Waals surface area contributed by atoms with Gasteiger partial charge in [-0.3, -0.25) is 9.59 Å². The lowest BCUT2D eigenvalue weighted by molar-refractivity contribution is -0.120. The lowest BCUT2D eigenvalue weighted by Gasteiger charge is -2.22. The van der Waals surface area contributed by atoms with E-state index in [4.69, 9.17) is 4.65 Å². The number of hydrogen-bond acceptors (Lipinski definition) is 4. The smallest absolute Gasteiger partial charge is 0.423 e. The summed E-state index contributed by atoms with van der Waals surface area (Å²) in [5.41, 5.74) is 2.05. The second kappa shape index (κ2) is 5.03. The molecule has 1 fully saturated rings. The summed E-state index contributed by atoms with van der Waals surface area (Å²) in [7, 11) is -0.958. The van der Waals surface area contributed by atoms with E-state index in [1.807, 2.05) is 0 Å². The number of fused-ring (bicyclic) bond motifs is 1. The Bertz CT molecular complexity index is 574. The number of hydrogen-bond donors (Lipinski definition) is 1. The van der Waals surface area contributed by atoms with Gasteiger partial charge in [0, 0.05) is 12.1 Å². The number of carbonyl (C=O) groups is 2. The van der Waals surface area contributed by atoms with E-state index in [1.165, 1.54) is 6.92 Å². The van der Waals surface area contributed by atoms with Crippen LogP contribution in [0.3, 0.4) is 0 Å². The van der Waals surface area contributed by atoms with E-state index < -0.39 is 7.12 Å². The largest absolute Gasteiger partial charge is 0.491 e. The summed E-state index contributed by atoms with van der Waals surface area (Å²) in [5, 5.41) is 9.69. The fourth-order valence-corrected chi connectivity index (χ4v) is 2.95. The Balaban J connectivity index is 1.88. The Labute approximate surface area is 117 Å². The first-order valence-electron chi connectivity index (χ1n) is 6.82. The maximum Gasteiger partial charge on any atom is 0.491 e. The SMILES string of the molecule is CC(=O)[C@@H]1CCCN1C(=O)c1ccc2c(c1)B(O)OC2. The third-order valence-corrected chi connectivity index (χ3v) is 4.04. The number of amides is 1. The molecule has 6 heteroatoms. The van der Waals surface area contributed by atoms with E-state index in [1.54, 1.807) is 23.1 Å². The summed E-state index contributed by atoms with van der Waals surface area (Å²) >= 11 is 0. The Morgan fingerprint density at radius 2 is 2.25 bits per heavy atom. The molecule has 1 amide bonds. The molecule has 0 bridgehead atoms. The highest BCUT2D eigenvalue weighted by molar-refractivity contribution is 6.61. The van der Waals surface area contributed by atoms with Crippen molar-refractivity contribution >= 4 is 24.3 Å². The van der Waals surface area contributed by atoms with Crippen LogP contribution in [0.1, 0.15) is 35.7 Å². The van der Waals surface area contributed by atoms with Crippen molar-refractivity contribution in [3.63, 3.8) is 0 Å². The van der Waals surface area contributed by atoms with Crippen molar-refractivity contribution in [3.05, 3.63) is 29.3 Å². The van der Waals surface area contributed by atoms with Crippen LogP contribution in [0, 0.1) is 0 Å². The van der Waals surface area contributed by atoms with E-state index in [0.29, 0.717) is 24.2 Å². The lowest BCUT2D eigenvalue weighted by Crippen LogP contribution is -2.40. The third-order valence-electron chi connectivity index (χ3n) is 4.04. The van der Waals surface area contributed by atoms with Crippen LogP contribution in [-0.2, 0) is 16.1 Å². The minimum atomic E-state index is -0.958. The van der Waals surface area contributed by atoms with Crippen LogP contribution in [0.2, 0.25) is 0 Å². The van der Waals surface area contributed by atoms with E-state index >= 15 is 0 Å². The van der Waals surface area contributed by atoms with Crippen molar-refractivity contribution in [1.29, 1.82) is 0 Å². The number of likely N-dealkylation sites (tertiary alicyclic amines) is 1. The third kappa shape index (κ3) is 2.15. The molecule has 1 saturated heterocycles. The van der Waals surface area contributed by atoms with Gasteiger partial charge in [-0.05, 0) is 42.9 Å². The highest BCUT2D eigenvalue weighted by atomic mass is 16.5. The maximum absolute atomic E-state index is 12.5. The monoisotopic (exact) mass is 273 g/mol. The number of Topliss-reactive ketones (excluding diaryl/α,β-unsaturated/α-hetero) is 1. The zero-order valence-electron chi connectivity index (χ0n) is 11.3. The number of ketones is 1. The van der Waals surface area contributed by atoms with Gasteiger partial charge in [-0.1, -0.05) is 6.07 Å². The topological polar surface area (TPSA) is 66.8 Å². The molecule has 0 radical (unpaired) electrons. The van der Waals surface area contributed by atoms with Gasteiger partial charge in [0.05, 0.1) is 12.6 Å². The van der Waals surface area contributed by atoms with Crippen LogP contribution in [0.25, 0.3) is 0 Å². The molecular formula is C14H16BNO4. The van der Waals surface area contributed by atoms with Gasteiger partial charge in [0.25, 0.3) is 5.91 Å². The number of benzene rings is 1. The molecule has 0 unspecified atom stereocenters. The van der Waals surface area contributed by atoms with Gasteiger partial charge < -0.3 is 14.6 Å². The molecule has 5 nitrogen and oxygen atoms in total. The maximum atomic E-state index is 12.5. The van der Waals surface area contributed by atoms with Crippen molar-refractivity contribution in [2.24, 2.45) is 0 Å². The van der Waals surface area contributed by atoms with Gasteiger partial charge >= 0.3 is 7.12 Å². The quantitative estimate of drug-likeness (QED) is 0.776. The summed E-state index contributed by atoms with van der Waals surface area (Å²) in [6.45, 7) is 2.50. The van der Waals surface area contributed by atoms with Crippen LogP contribution >= 0.6 is 0 Å². The minimum absolute atomic E-state index is 0.0281. The van der Waals surface area contributed by atoms with E-state index in [0.717, 1.165) is 18.4 Å². The number of rotatable bonds is 2. The van der Waals surface area contributed by atoms with Gasteiger partial charge in [-0.2, -0.15) is 0 Å². The Morgan fingerprint density at radius 1 is 1.45 bits per heavy atom. The average Bonchev–Trinajstić information content (AvgIpc) is 3.05. The number of carbonyl (C=O) groups excluding carboxylic acids is 2. The molecule has 104 valence electrons. The molecule has 20 heavy (non-hydrogen) atoms. The molecular weight excluding hydrogens is 257 g/mol. The summed E-state index contributed by atoms with van der Waals surface area (Å²) in [4.78, 5) is 25.7. The Hall–Kier alpha value is -1.66. The fourth-order valence-electron chi connectivity index (χ4n) is 2.95. The Kier molecular flexibility index (Phi) is 3.35. The summed E-state index contributed by atoms with van der Waals surface area (Å²) in [5.74, 6) is -0.120. The summed E-state index contributed by atoms with van der Waals surface area (Å²) in [6.07, 6.45) is 1.59. The van der Waals surface area contributed by atoms with Crippen LogP contribution < -0.4 is 5.46 Å². The van der Waals surface area contributed by atoms with Crippen molar-refractivity contribution in [2.45, 2.75) is 32.4 Å². The molecule has 1 aromatic rings. The molecule has 2 aliphatic heterocycles. The molecule has 2 heterocycles. The van der Waals surface area contributed by atoms with Gasteiger partial charge in [-0.15, -0.1) is 0 Å². The van der Waals surface area contributed by atoms with Crippen LogP contribution in [0.4, 0.5) is 0 Å². The first-order valence-corrected chi connectivity index (χ1v) is 6.82. The van der Waals surface area contributed by atoms with Gasteiger partial charge in [0.1, 0.15) is 0 Å². The van der Waals surface area contributed by atoms with Crippen molar-refractivity contribution in [3.8, 4) is 0 Å². The van der Waals surface area contributed by atoms with E-state index in [9.17, 15) is 14.6 Å². The minimum Gasteiger partial charge on any atom is -0.423 e. The first-order chi connectivity index (χ1) is 9.58. The van der Waals surface area contributed by atoms with Crippen LogP contribution in [-0.4, -0.2) is 41.3 Å². The average molecular weight is 273 g/mol. The van der Waals surface area contributed by atoms with Crippen molar-refractivity contribution < 1.29 is 19.3 Å². The molecule has 1 N–H and O–H groups in total. The number of nitrogens with zero attached hydrogens (tertiary/aromatic N) is 1. The standard InChI is InChI=1S/C14H16BNO4/c1-9(17)13-3-2-6-16(13)14(18)10-4-5-11-8-20-15(19)12(11)7-10/h4-5,7,13,19H,2-3,6,8H2,1H3/t13-/m0/s1. The molecule has 2 aliphatic rings. The zero-order valence-corrected chi connectivity index (χ0v) is 11.3. The lowest BCUT2D eigenvalue weighted by atomic mass is 9.78. The van der Waals surface area contributed by atoms with Crippen molar-refractivity contribution in [2.75, 3.05) is 6.54 Å². The molecule has 0 aromatic heterocycles. The first kappa shape index (κ1) is 13.3. The normalized spacial score (nSPS) is 21.2. The zero-order chi connectivity index (χ0) is 14.3. The summed E-state index contributed by atoms with van der Waals surface area (Å²) < 4.78 is 5.12. The molecule has 1 atom stereocenters. The van der Waals surface area contributed by atoms with Crippen LogP contribution in [0.5, 0.6) is 0 Å². The highest BCUT2D eigenvalue weighted by Gasteiger charge is 2.34. The van der Waals surface area contributed by atoms with Gasteiger partial charge in [-0.25, -0.2) is 0 Å². The highest BCUT2D eigenvalue weighted by Crippen LogP contribution is 2.21. The predicted octanol–water partition coefficient (Wildman–Crippen LogP) is 0.0979. The van der Waals surface area contributed by atoms with E-state index in [2.05, 4.69) is 0 Å². The molecule has 0 saturated carbocycles. The van der Waals surface area contributed by atoms with Crippen molar-refractivity contribution in [1.82, 2.24) is 4.90 Å². The van der Waals surface area contributed by atoms with Gasteiger partial charge in [0.2, 0.25) is 0 Å². The van der Waals surface area contributed by atoms with Crippen LogP contribution in [0.15, 0.2) is 18.2 Å². The Morgan fingerprint density at radius 3 is 3.00 bits per heavy atom. The van der Waals surface area contributed by atoms with Gasteiger partial charge in [0.15, 0.2) is 5.78 Å².